The number of benzene rings is 8. The third kappa shape index (κ3) is 3.87. The lowest BCUT2D eigenvalue weighted by Gasteiger charge is -2.10. The average Bonchev–Trinajstić information content (AvgIpc) is 3.61. The smallest absolute Gasteiger partial charge is 0.00199 e. The predicted octanol–water partition coefficient (Wildman–Crippen LogP) is 12.2. The number of rotatable bonds is 6. The third-order valence-electron chi connectivity index (χ3n) is 10.5. The summed E-state index contributed by atoms with van der Waals surface area (Å²) in [5, 5.41) is 19.3. The highest BCUT2D eigenvalue weighted by Crippen LogP contribution is 2.47. The van der Waals surface area contributed by atoms with E-state index in [1.807, 2.05) is 0 Å². The van der Waals surface area contributed by atoms with Crippen LogP contribution < -0.4 is 0 Å². The summed E-state index contributed by atoms with van der Waals surface area (Å²) in [6.45, 7) is 0. The maximum absolute atomic E-state index is 2.49. The van der Waals surface area contributed by atoms with Crippen molar-refractivity contribution in [2.75, 3.05) is 0 Å². The molecule has 0 aromatic heterocycles. The summed E-state index contributed by atoms with van der Waals surface area (Å²) in [6.07, 6.45) is 4.23. The second-order valence-electron chi connectivity index (χ2n) is 13.1. The Kier molecular flexibility index (Phi) is 5.63. The summed E-state index contributed by atoms with van der Waals surface area (Å²) in [5.41, 5.74) is 5.60. The van der Waals surface area contributed by atoms with Crippen LogP contribution in [0, 0.1) is 0 Å². The molecule has 0 aliphatic carbocycles. The van der Waals surface area contributed by atoms with Crippen LogP contribution in [0.4, 0.5) is 0 Å². The van der Waals surface area contributed by atoms with Crippen LogP contribution in [0.2, 0.25) is 0 Å². The van der Waals surface area contributed by atoms with E-state index < -0.39 is 0 Å². The van der Waals surface area contributed by atoms with E-state index in [0.717, 1.165) is 25.7 Å². The first kappa shape index (κ1) is 25.8. The van der Waals surface area contributed by atoms with Crippen LogP contribution in [0.5, 0.6) is 0 Å². The Bertz CT molecular complexity index is 2530. The zero-order chi connectivity index (χ0) is 30.2. The highest BCUT2D eigenvalue weighted by Gasteiger charge is 2.19. The summed E-state index contributed by atoms with van der Waals surface area (Å²) in [4.78, 5) is 0. The molecule has 0 aliphatic heterocycles. The van der Waals surface area contributed by atoms with Gasteiger partial charge in [-0.3, -0.25) is 0 Å². The molecule has 0 saturated heterocycles. The van der Waals surface area contributed by atoms with Gasteiger partial charge in [0.15, 0.2) is 0 Å². The summed E-state index contributed by atoms with van der Waals surface area (Å²) in [5.74, 6) is 0. The Morgan fingerprint density at radius 3 is 1.00 bits per heavy atom. The Morgan fingerprint density at radius 2 is 0.587 bits per heavy atom. The molecule has 216 valence electrons. The molecule has 0 unspecified atom stereocenters. The van der Waals surface area contributed by atoms with Gasteiger partial charge in [0, 0.05) is 0 Å². The van der Waals surface area contributed by atoms with E-state index in [1.54, 1.807) is 0 Å². The zero-order valence-corrected chi connectivity index (χ0v) is 25.7. The fourth-order valence-corrected chi connectivity index (χ4v) is 8.32. The Labute approximate surface area is 268 Å². The first-order chi connectivity index (χ1) is 22.8. The molecule has 0 N–H and O–H groups in total. The molecule has 10 aromatic carbocycles. The van der Waals surface area contributed by atoms with E-state index in [-0.39, 0.29) is 0 Å². The lowest BCUT2D eigenvalue weighted by Crippen LogP contribution is -1.90. The maximum Gasteiger partial charge on any atom is -0.00199 e. The first-order valence-corrected chi connectivity index (χ1v) is 16.6. The molecule has 0 atom stereocenters. The normalized spacial score (nSPS) is 12.3. The summed E-state index contributed by atoms with van der Waals surface area (Å²) >= 11 is 0. The van der Waals surface area contributed by atoms with Crippen molar-refractivity contribution in [1.29, 1.82) is 0 Å². The summed E-state index contributed by atoms with van der Waals surface area (Å²) in [7, 11) is 0. The van der Waals surface area contributed by atoms with E-state index in [2.05, 4.69) is 146 Å². The molecule has 0 aliphatic rings. The minimum absolute atomic E-state index is 1.05. The Balaban J connectivity index is 1.16. The van der Waals surface area contributed by atoms with Crippen molar-refractivity contribution >= 4 is 75.4 Å². The van der Waals surface area contributed by atoms with Gasteiger partial charge in [0.1, 0.15) is 0 Å². The number of hydrogen-bond acceptors (Lipinski definition) is 0. The van der Waals surface area contributed by atoms with Crippen LogP contribution >= 0.6 is 0 Å². The molecular weight excluding hydrogens is 553 g/mol. The molecule has 0 heteroatoms. The van der Waals surface area contributed by atoms with Gasteiger partial charge >= 0.3 is 0 Å². The van der Waals surface area contributed by atoms with Crippen LogP contribution in [-0.2, 0) is 25.7 Å². The fourth-order valence-electron chi connectivity index (χ4n) is 8.32. The van der Waals surface area contributed by atoms with E-state index in [9.17, 15) is 0 Å². The van der Waals surface area contributed by atoms with Gasteiger partial charge in [-0.05, 0) is 135 Å². The van der Waals surface area contributed by atoms with E-state index in [0.29, 0.717) is 0 Å². The Morgan fingerprint density at radius 1 is 0.217 bits per heavy atom. The van der Waals surface area contributed by atoms with Crippen LogP contribution in [-0.4, -0.2) is 0 Å². The van der Waals surface area contributed by atoms with Crippen LogP contribution in [0.15, 0.2) is 146 Å². The molecule has 0 spiro atoms. The molecular formula is C46H32. The molecule has 46 heavy (non-hydrogen) atoms. The van der Waals surface area contributed by atoms with Gasteiger partial charge in [-0.25, -0.2) is 0 Å². The monoisotopic (exact) mass is 584 g/mol. The van der Waals surface area contributed by atoms with Gasteiger partial charge in [0.2, 0.25) is 0 Å². The number of hydrogen-bond donors (Lipinski definition) is 0. The number of fused-ring (bicyclic) bond motifs is 9. The molecule has 0 radical (unpaired) electrons. The molecule has 0 bridgehead atoms. The van der Waals surface area contributed by atoms with Crippen molar-refractivity contribution in [3.05, 3.63) is 168 Å². The van der Waals surface area contributed by atoms with Gasteiger partial charge in [-0.2, -0.15) is 0 Å². The third-order valence-corrected chi connectivity index (χ3v) is 10.5. The highest BCUT2D eigenvalue weighted by molar-refractivity contribution is 6.40. The Hall–Kier alpha value is -5.46. The SMILES string of the molecule is c1ccc(CCc2ccc3c(c2)c2cccc4c5cc6c7ccc(CCc8ccccc8)cc7c7cccc(c5cc3c24)c76)cc1. The van der Waals surface area contributed by atoms with Gasteiger partial charge in [-0.1, -0.05) is 133 Å². The van der Waals surface area contributed by atoms with Crippen LogP contribution in [0.3, 0.4) is 0 Å². The molecule has 0 amide bonds. The van der Waals surface area contributed by atoms with Gasteiger partial charge in [0.25, 0.3) is 0 Å². The van der Waals surface area contributed by atoms with Crippen LogP contribution in [0.1, 0.15) is 22.3 Å². The first-order valence-electron chi connectivity index (χ1n) is 16.6. The lowest BCUT2D eigenvalue weighted by atomic mass is 9.93. The van der Waals surface area contributed by atoms with Gasteiger partial charge in [0.05, 0.1) is 0 Å². The van der Waals surface area contributed by atoms with Crippen molar-refractivity contribution in [3.8, 4) is 0 Å². The zero-order valence-electron chi connectivity index (χ0n) is 25.7. The molecule has 10 aromatic rings. The van der Waals surface area contributed by atoms with Crippen molar-refractivity contribution in [2.45, 2.75) is 25.7 Å². The van der Waals surface area contributed by atoms with E-state index >= 15 is 0 Å². The van der Waals surface area contributed by atoms with Crippen molar-refractivity contribution in [3.63, 3.8) is 0 Å². The summed E-state index contributed by atoms with van der Waals surface area (Å²) in [6, 6.07) is 54.9. The van der Waals surface area contributed by atoms with Crippen molar-refractivity contribution in [2.24, 2.45) is 0 Å². The van der Waals surface area contributed by atoms with E-state index in [4.69, 9.17) is 0 Å². The minimum atomic E-state index is 1.05. The van der Waals surface area contributed by atoms with Crippen molar-refractivity contribution < 1.29 is 0 Å². The van der Waals surface area contributed by atoms with E-state index in [1.165, 1.54) is 97.7 Å². The quantitative estimate of drug-likeness (QED) is 0.171. The molecule has 0 fully saturated rings. The maximum atomic E-state index is 2.49. The molecule has 10 rings (SSSR count). The predicted molar refractivity (Wildman–Crippen MR) is 199 cm³/mol. The second-order valence-corrected chi connectivity index (χ2v) is 13.1. The van der Waals surface area contributed by atoms with Gasteiger partial charge < -0.3 is 0 Å². The lowest BCUT2D eigenvalue weighted by molar-refractivity contribution is 0.963. The van der Waals surface area contributed by atoms with Gasteiger partial charge in [-0.15, -0.1) is 0 Å². The highest BCUT2D eigenvalue weighted by atomic mass is 14.2. The van der Waals surface area contributed by atoms with Crippen molar-refractivity contribution in [1.82, 2.24) is 0 Å². The molecule has 0 nitrogen and oxygen atoms in total. The second kappa shape index (κ2) is 10.0. The topological polar surface area (TPSA) is 0 Å². The standard InChI is InChI=1S/C46H32/c1-3-9-29(10-4-1)17-19-31-21-23-33-39(25-31)35-13-7-15-37-42-28-44-34-24-22-32(20-18-30-11-5-2-6-12-30)26-40(34)36-14-8-16-38(46(36)44)41(42)27-43(33)45(35)37/h1-16,21-28H,17-20H2. The minimum Gasteiger partial charge on any atom is -0.0622 e. The number of aryl methyl sites for hydroxylation is 4. The fraction of sp³-hybridized carbons (Fsp3) is 0.0870. The average molecular weight is 585 g/mol. The molecule has 0 heterocycles. The summed E-state index contributed by atoms with van der Waals surface area (Å²) < 4.78 is 0. The van der Waals surface area contributed by atoms with Crippen LogP contribution in [0.25, 0.3) is 75.4 Å². The molecule has 0 saturated carbocycles. The largest absolute Gasteiger partial charge is 0.0622 e.